The van der Waals surface area contributed by atoms with Crippen LogP contribution in [-0.4, -0.2) is 168 Å². The molecule has 13 heteroatoms. The predicted octanol–water partition coefficient (Wildman–Crippen LogP) is 7.67. The minimum absolute atomic E-state index is 0.552. The van der Waals surface area contributed by atoms with Crippen LogP contribution in [-0.2, 0) is 0 Å². The summed E-state index contributed by atoms with van der Waals surface area (Å²) >= 11 is 0. The van der Waals surface area contributed by atoms with Gasteiger partial charge in [-0.1, -0.05) is 0 Å². The van der Waals surface area contributed by atoms with Crippen LogP contribution >= 0.6 is 0 Å². The number of hydrogen-bond acceptors (Lipinski definition) is 13. The molecule has 0 bridgehead atoms. The Morgan fingerprint density at radius 3 is 0.776 bits per heavy atom. The summed E-state index contributed by atoms with van der Waals surface area (Å²) in [5, 5.41) is 0. The van der Waals surface area contributed by atoms with E-state index in [-0.39, 0.29) is 0 Å². The summed E-state index contributed by atoms with van der Waals surface area (Å²) < 4.78 is 0. The molecule has 0 radical (unpaired) electrons. The maximum atomic E-state index is 2.55. The lowest BCUT2D eigenvalue weighted by Gasteiger charge is -2.55. The standard InChI is InChI=1S/C54H73N13/c1-30-18-32-20-34-22-36-24-38-26-40-28-42-29-41-27-39-25-37-23-35-21-33-19-31-16-15-17-55(2)43(31)57(4)45(33)59(6)47(35)61(8)49(37)63(10)51(39)65(12)53(41)67(14)54(42)66(13)52(40)64(11)50(38)62(9)48(36)60(7)46(34)58(5)44(32)56(30)3/h30H,15-29H2,1-14H3/t30-/m1/s1. The van der Waals surface area contributed by atoms with Gasteiger partial charge in [-0.25, -0.2) is 0 Å². The van der Waals surface area contributed by atoms with Crippen LogP contribution < -0.4 is 0 Å². The Balaban J connectivity index is 0.737. The minimum atomic E-state index is 0.552. The van der Waals surface area contributed by atoms with Gasteiger partial charge >= 0.3 is 0 Å². The first-order valence-electron chi connectivity index (χ1n) is 25.2. The molecule has 13 aliphatic rings. The third kappa shape index (κ3) is 5.31. The summed E-state index contributed by atoms with van der Waals surface area (Å²) in [6.07, 6.45) is 15.3. The van der Waals surface area contributed by atoms with Crippen molar-refractivity contribution >= 4 is 0 Å². The monoisotopic (exact) mass is 904 g/mol. The molecule has 13 rings (SSSR count). The first-order valence-corrected chi connectivity index (χ1v) is 25.2. The van der Waals surface area contributed by atoms with Crippen molar-refractivity contribution in [1.29, 1.82) is 0 Å². The molecule has 13 aliphatic heterocycles. The maximum Gasteiger partial charge on any atom is 0.114 e. The molecule has 1 atom stereocenters. The van der Waals surface area contributed by atoms with Crippen molar-refractivity contribution < 1.29 is 0 Å². The Bertz CT molecular complexity index is 2810. The molecule has 0 spiro atoms. The van der Waals surface area contributed by atoms with Crippen LogP contribution in [0.5, 0.6) is 0 Å². The van der Waals surface area contributed by atoms with Gasteiger partial charge in [0.1, 0.15) is 69.9 Å². The van der Waals surface area contributed by atoms with E-state index in [1.807, 2.05) is 0 Å². The van der Waals surface area contributed by atoms with Crippen molar-refractivity contribution in [2.24, 2.45) is 0 Å². The molecule has 0 saturated carbocycles. The normalized spacial score (nSPS) is 27.5. The molecule has 67 heavy (non-hydrogen) atoms. The second-order valence-corrected chi connectivity index (χ2v) is 22.4. The van der Waals surface area contributed by atoms with Gasteiger partial charge in [-0.05, 0) is 164 Å². The van der Waals surface area contributed by atoms with Crippen LogP contribution in [0.2, 0.25) is 0 Å². The first kappa shape index (κ1) is 41.5. The Hall–Kier alpha value is -5.72. The SMILES string of the molecule is C[C@@H]1CC2=C(N(C)C3=C(CC4=C(N(C)C5=C(CC6=C(N(C)C7=C(CC8=C(N(C)C9=C(CC%10=C(N(C)C%11=C(CC%12=C(N(C)C%13=C(CCCN%13C)C%12)N%11C)C%10)N9C)C8)N7C)C6)N5C)C4)N3C)C2)N1C. The molecule has 0 fully saturated rings. The Labute approximate surface area is 400 Å². The second-order valence-electron chi connectivity index (χ2n) is 22.4. The van der Waals surface area contributed by atoms with E-state index < -0.39 is 0 Å². The summed E-state index contributed by atoms with van der Waals surface area (Å²) in [5.74, 6) is 16.5. The lowest BCUT2D eigenvalue weighted by atomic mass is 9.80. The first-order chi connectivity index (χ1) is 32.0. The third-order valence-electron chi connectivity index (χ3n) is 18.3. The molecule has 0 aromatic heterocycles. The van der Waals surface area contributed by atoms with E-state index in [4.69, 9.17) is 0 Å². The Morgan fingerprint density at radius 1 is 0.269 bits per heavy atom. The van der Waals surface area contributed by atoms with Crippen LogP contribution in [0, 0.1) is 0 Å². The molecule has 13 heterocycles. The van der Waals surface area contributed by atoms with E-state index in [0.29, 0.717) is 6.04 Å². The van der Waals surface area contributed by atoms with Gasteiger partial charge in [0.05, 0.1) is 0 Å². The third-order valence-corrected chi connectivity index (χ3v) is 18.3. The fourth-order valence-corrected chi connectivity index (χ4v) is 16.5. The van der Waals surface area contributed by atoms with Gasteiger partial charge in [-0.15, -0.1) is 0 Å². The fraction of sp³-hybridized carbons (Fsp3) is 0.556. The topological polar surface area (TPSA) is 42.1 Å². The lowest BCUT2D eigenvalue weighted by Crippen LogP contribution is -2.51. The molecule has 0 aliphatic carbocycles. The molecule has 354 valence electrons. The number of hydrogen-bond donors (Lipinski definition) is 0. The van der Waals surface area contributed by atoms with Gasteiger partial charge < -0.3 is 63.7 Å². The van der Waals surface area contributed by atoms with Gasteiger partial charge in [-0.2, -0.15) is 0 Å². The van der Waals surface area contributed by atoms with Crippen molar-refractivity contribution in [2.45, 2.75) is 103 Å². The number of rotatable bonds is 0. The maximum absolute atomic E-state index is 2.55. The van der Waals surface area contributed by atoms with Gasteiger partial charge in [0.25, 0.3) is 0 Å². The average Bonchev–Trinajstić information content (AvgIpc) is 3.54. The quantitative estimate of drug-likeness (QED) is 0.240. The molecular formula is C54H73N13. The number of nitrogens with zero attached hydrogens (tertiary/aromatic N) is 13. The summed E-state index contributed by atoms with van der Waals surface area (Å²) in [7, 11) is 30.1. The molecule has 0 aromatic carbocycles. The van der Waals surface area contributed by atoms with Gasteiger partial charge in [0, 0.05) is 104 Å². The highest BCUT2D eigenvalue weighted by atomic mass is 15.5. The van der Waals surface area contributed by atoms with Crippen LogP contribution in [0.1, 0.15) is 96.8 Å². The molecule has 0 saturated heterocycles. The van der Waals surface area contributed by atoms with Gasteiger partial charge in [0.2, 0.25) is 0 Å². The van der Waals surface area contributed by atoms with Crippen molar-refractivity contribution in [3.8, 4) is 0 Å². The summed E-state index contributed by atoms with van der Waals surface area (Å²) in [5.41, 5.74) is 19.0. The van der Waals surface area contributed by atoms with Crippen LogP contribution in [0.3, 0.4) is 0 Å². The number of allylic oxidation sites excluding steroid dienone is 11. The Morgan fingerprint density at radius 2 is 0.493 bits per heavy atom. The fourth-order valence-electron chi connectivity index (χ4n) is 16.5. The largest absolute Gasteiger partial charge is 0.361 e. The predicted molar refractivity (Wildman–Crippen MR) is 264 cm³/mol. The molecule has 13 nitrogen and oxygen atoms in total. The highest BCUT2D eigenvalue weighted by Crippen LogP contribution is 2.56. The molecule has 0 amide bonds. The van der Waals surface area contributed by atoms with E-state index >= 15 is 0 Å². The molecule has 0 unspecified atom stereocenters. The van der Waals surface area contributed by atoms with E-state index in [9.17, 15) is 0 Å². The smallest absolute Gasteiger partial charge is 0.114 e. The molecule has 0 aromatic rings. The van der Waals surface area contributed by atoms with Gasteiger partial charge in [0.15, 0.2) is 0 Å². The zero-order valence-electron chi connectivity index (χ0n) is 43.0. The Kier molecular flexibility index (Phi) is 8.63. The van der Waals surface area contributed by atoms with E-state index in [1.165, 1.54) is 89.1 Å². The zero-order valence-corrected chi connectivity index (χ0v) is 43.0. The highest BCUT2D eigenvalue weighted by Gasteiger charge is 2.48. The second kappa shape index (κ2) is 13.9. The average molecular weight is 904 g/mol. The van der Waals surface area contributed by atoms with Gasteiger partial charge in [-0.3, -0.25) is 0 Å². The van der Waals surface area contributed by atoms with E-state index in [1.54, 1.807) is 66.9 Å². The highest BCUT2D eigenvalue weighted by molar-refractivity contribution is 5.53. The van der Waals surface area contributed by atoms with Crippen molar-refractivity contribution in [1.82, 2.24) is 63.7 Å². The summed E-state index contributed by atoms with van der Waals surface area (Å²) in [4.78, 5) is 32.8. The van der Waals surface area contributed by atoms with Crippen LogP contribution in [0.25, 0.3) is 0 Å². The van der Waals surface area contributed by atoms with Crippen molar-refractivity contribution in [2.75, 3.05) is 98.2 Å². The van der Waals surface area contributed by atoms with E-state index in [2.05, 4.69) is 162 Å². The summed E-state index contributed by atoms with van der Waals surface area (Å²) in [6, 6.07) is 0.552. The van der Waals surface area contributed by atoms with Crippen LogP contribution in [0.4, 0.5) is 0 Å². The molecular weight excluding hydrogens is 831 g/mol. The van der Waals surface area contributed by atoms with Crippen molar-refractivity contribution in [3.05, 3.63) is 137 Å². The van der Waals surface area contributed by atoms with Crippen molar-refractivity contribution in [3.63, 3.8) is 0 Å². The molecule has 0 N–H and O–H groups in total. The van der Waals surface area contributed by atoms with E-state index in [0.717, 1.165) is 77.2 Å². The van der Waals surface area contributed by atoms with Crippen LogP contribution in [0.15, 0.2) is 137 Å². The minimum Gasteiger partial charge on any atom is -0.361 e. The lowest BCUT2D eigenvalue weighted by molar-refractivity contribution is 0.159. The summed E-state index contributed by atoms with van der Waals surface area (Å²) in [6.45, 7) is 3.51. The zero-order chi connectivity index (χ0) is 46.5.